The number of hydrogen-bond donors (Lipinski definition) is 0. The van der Waals surface area contributed by atoms with Crippen molar-refractivity contribution in [2.45, 2.75) is 0 Å². The lowest BCUT2D eigenvalue weighted by molar-refractivity contribution is -0.110. The zero-order chi connectivity index (χ0) is 9.42. The molecule has 64 valence electrons. The second-order valence-corrected chi connectivity index (χ2v) is 3.89. The maximum Gasteiger partial charge on any atom is 0.233 e. The number of ketones is 2. The first-order valence-electron chi connectivity index (χ1n) is 3.75. The topological polar surface area (TPSA) is 34.1 Å². The molecule has 0 atom stereocenters. The molecule has 3 heteroatoms. The first kappa shape index (κ1) is 8.62. The molecule has 2 rings (SSSR count). The number of rotatable bonds is 0. The van der Waals surface area contributed by atoms with Gasteiger partial charge in [0.25, 0.3) is 0 Å². The summed E-state index contributed by atoms with van der Waals surface area (Å²) in [5.41, 5.74) is 1.37. The van der Waals surface area contributed by atoms with Crippen molar-refractivity contribution in [1.82, 2.24) is 0 Å². The summed E-state index contributed by atoms with van der Waals surface area (Å²) in [6.45, 7) is 0. The third-order valence-electron chi connectivity index (χ3n) is 1.92. The van der Waals surface area contributed by atoms with Gasteiger partial charge in [-0.25, -0.2) is 0 Å². The van der Waals surface area contributed by atoms with E-state index in [4.69, 9.17) is 0 Å². The summed E-state index contributed by atoms with van der Waals surface area (Å²) in [7, 11) is 0. The van der Waals surface area contributed by atoms with Crippen LogP contribution >= 0.6 is 22.6 Å². The smallest absolute Gasteiger partial charge is 0.233 e. The van der Waals surface area contributed by atoms with Crippen LogP contribution in [0.4, 0.5) is 0 Å². The van der Waals surface area contributed by atoms with E-state index in [1.165, 1.54) is 6.08 Å². The molecule has 1 aromatic rings. The number of carbonyl (C=O) groups excluding carboxylic acids is 2. The standard InChI is InChI=1S/C10H5IO2/c11-8-3-1-2-7-6(8)4-5-9(12)10(7)13/h1-5H. The third kappa shape index (κ3) is 1.33. The Hall–Kier alpha value is -0.970. The van der Waals surface area contributed by atoms with E-state index < -0.39 is 11.6 Å². The van der Waals surface area contributed by atoms with Gasteiger partial charge in [-0.05, 0) is 46.4 Å². The van der Waals surface area contributed by atoms with Crippen molar-refractivity contribution in [3.05, 3.63) is 39.0 Å². The minimum atomic E-state index is -0.436. The van der Waals surface area contributed by atoms with Gasteiger partial charge >= 0.3 is 0 Å². The van der Waals surface area contributed by atoms with E-state index in [9.17, 15) is 9.59 Å². The number of fused-ring (bicyclic) bond motifs is 1. The van der Waals surface area contributed by atoms with Crippen LogP contribution in [0.3, 0.4) is 0 Å². The van der Waals surface area contributed by atoms with Crippen LogP contribution in [-0.2, 0) is 4.79 Å². The molecule has 0 bridgehead atoms. The molecule has 0 saturated heterocycles. The van der Waals surface area contributed by atoms with Gasteiger partial charge in [-0.2, -0.15) is 0 Å². The highest BCUT2D eigenvalue weighted by atomic mass is 127. The lowest BCUT2D eigenvalue weighted by atomic mass is 9.96. The summed E-state index contributed by atoms with van der Waals surface area (Å²) < 4.78 is 0.993. The molecule has 0 aromatic heterocycles. The van der Waals surface area contributed by atoms with Crippen molar-refractivity contribution < 1.29 is 9.59 Å². The van der Waals surface area contributed by atoms with E-state index in [0.29, 0.717) is 5.56 Å². The lowest BCUT2D eigenvalue weighted by Gasteiger charge is -2.09. The number of allylic oxidation sites excluding steroid dienone is 1. The summed E-state index contributed by atoms with van der Waals surface area (Å²) in [6.07, 6.45) is 3.02. The van der Waals surface area contributed by atoms with E-state index in [1.807, 2.05) is 6.07 Å². The van der Waals surface area contributed by atoms with Crippen LogP contribution in [0, 0.1) is 3.57 Å². The number of halogens is 1. The van der Waals surface area contributed by atoms with E-state index in [2.05, 4.69) is 22.6 Å². The van der Waals surface area contributed by atoms with Crippen LogP contribution in [-0.4, -0.2) is 11.6 Å². The minimum Gasteiger partial charge on any atom is -0.286 e. The van der Waals surface area contributed by atoms with Gasteiger partial charge in [0.1, 0.15) is 0 Å². The van der Waals surface area contributed by atoms with Gasteiger partial charge in [-0.15, -0.1) is 0 Å². The van der Waals surface area contributed by atoms with Crippen LogP contribution in [0.5, 0.6) is 0 Å². The Kier molecular flexibility index (Phi) is 2.03. The fourth-order valence-electron chi connectivity index (χ4n) is 1.27. The van der Waals surface area contributed by atoms with Crippen molar-refractivity contribution in [2.24, 2.45) is 0 Å². The van der Waals surface area contributed by atoms with Gasteiger partial charge in [0.05, 0.1) is 0 Å². The zero-order valence-corrected chi connectivity index (χ0v) is 8.74. The first-order chi connectivity index (χ1) is 6.20. The molecule has 0 aliphatic heterocycles. The predicted molar refractivity (Wildman–Crippen MR) is 57.5 cm³/mol. The fraction of sp³-hybridized carbons (Fsp3) is 0. The maximum absolute atomic E-state index is 11.4. The number of Topliss-reactive ketones (excluding diaryl/α,β-unsaturated/α-hetero) is 1. The quantitative estimate of drug-likeness (QED) is 0.540. The van der Waals surface area contributed by atoms with Crippen molar-refractivity contribution in [2.75, 3.05) is 0 Å². The van der Waals surface area contributed by atoms with Gasteiger partial charge in [0, 0.05) is 9.13 Å². The summed E-state index contributed by atoms with van der Waals surface area (Å²) in [6, 6.07) is 5.37. The normalized spacial score (nSPS) is 14.5. The van der Waals surface area contributed by atoms with Crippen molar-refractivity contribution >= 4 is 40.2 Å². The Morgan fingerprint density at radius 2 is 1.85 bits per heavy atom. The molecule has 0 unspecified atom stereocenters. The van der Waals surface area contributed by atoms with Crippen molar-refractivity contribution in [1.29, 1.82) is 0 Å². The van der Waals surface area contributed by atoms with E-state index >= 15 is 0 Å². The van der Waals surface area contributed by atoms with E-state index in [1.54, 1.807) is 18.2 Å². The predicted octanol–water partition coefficient (Wildman–Crippen LogP) is 2.07. The molecule has 1 aliphatic rings. The SMILES string of the molecule is O=C1C=Cc2c(I)cccc2C1=O. The molecule has 0 fully saturated rings. The molecule has 0 radical (unpaired) electrons. The Bertz CT molecular complexity index is 433. The van der Waals surface area contributed by atoms with Crippen molar-refractivity contribution in [3.63, 3.8) is 0 Å². The summed E-state index contributed by atoms with van der Waals surface area (Å²) in [5, 5.41) is 0. The van der Waals surface area contributed by atoms with Crippen LogP contribution in [0.25, 0.3) is 6.08 Å². The molecule has 0 amide bonds. The largest absolute Gasteiger partial charge is 0.286 e. The highest BCUT2D eigenvalue weighted by Gasteiger charge is 2.21. The molecule has 1 aromatic carbocycles. The van der Waals surface area contributed by atoms with Crippen molar-refractivity contribution in [3.8, 4) is 0 Å². The van der Waals surface area contributed by atoms with Gasteiger partial charge in [-0.1, -0.05) is 12.1 Å². The lowest BCUT2D eigenvalue weighted by Crippen LogP contribution is -2.16. The van der Waals surface area contributed by atoms with Gasteiger partial charge in [0.15, 0.2) is 0 Å². The second-order valence-electron chi connectivity index (χ2n) is 2.73. The molecule has 0 heterocycles. The summed E-state index contributed by atoms with van der Waals surface area (Å²) in [4.78, 5) is 22.4. The van der Waals surface area contributed by atoms with Crippen LogP contribution in [0.15, 0.2) is 24.3 Å². The van der Waals surface area contributed by atoms with E-state index in [0.717, 1.165) is 9.13 Å². The Labute approximate surface area is 88.8 Å². The number of hydrogen-bond acceptors (Lipinski definition) is 2. The molecule has 1 aliphatic carbocycles. The maximum atomic E-state index is 11.4. The second kappa shape index (κ2) is 3.06. The minimum absolute atomic E-state index is 0.406. The van der Waals surface area contributed by atoms with Crippen LogP contribution < -0.4 is 0 Å². The average Bonchev–Trinajstić information content (AvgIpc) is 2.12. The van der Waals surface area contributed by atoms with E-state index in [-0.39, 0.29) is 0 Å². The molecule has 0 N–H and O–H groups in total. The Morgan fingerprint density at radius 3 is 2.62 bits per heavy atom. The summed E-state index contributed by atoms with van der Waals surface area (Å²) >= 11 is 2.15. The monoisotopic (exact) mass is 284 g/mol. The highest BCUT2D eigenvalue weighted by molar-refractivity contribution is 14.1. The fourth-order valence-corrected chi connectivity index (χ4v) is 1.95. The highest BCUT2D eigenvalue weighted by Crippen LogP contribution is 2.22. The number of carbonyl (C=O) groups is 2. The molecular formula is C10H5IO2. The van der Waals surface area contributed by atoms with Gasteiger partial charge in [-0.3, -0.25) is 9.59 Å². The molecule has 0 saturated carbocycles. The zero-order valence-electron chi connectivity index (χ0n) is 6.58. The van der Waals surface area contributed by atoms with Gasteiger partial charge in [0.2, 0.25) is 11.6 Å². The average molecular weight is 284 g/mol. The third-order valence-corrected chi connectivity index (χ3v) is 2.86. The van der Waals surface area contributed by atoms with Crippen LogP contribution in [0.2, 0.25) is 0 Å². The summed E-state index contributed by atoms with van der Waals surface area (Å²) in [5.74, 6) is -0.842. The molecule has 2 nitrogen and oxygen atoms in total. The first-order valence-corrected chi connectivity index (χ1v) is 4.83. The van der Waals surface area contributed by atoms with Gasteiger partial charge < -0.3 is 0 Å². The Balaban J connectivity index is 2.72. The number of benzene rings is 1. The molecular weight excluding hydrogens is 279 g/mol. The van der Waals surface area contributed by atoms with Crippen LogP contribution in [0.1, 0.15) is 15.9 Å². The molecule has 13 heavy (non-hydrogen) atoms. The molecule has 0 spiro atoms. The Morgan fingerprint density at radius 1 is 1.08 bits per heavy atom.